The van der Waals surface area contributed by atoms with E-state index in [2.05, 4.69) is 32.8 Å². The summed E-state index contributed by atoms with van der Waals surface area (Å²) in [6.45, 7) is 2.14. The first-order chi connectivity index (χ1) is 7.88. The summed E-state index contributed by atoms with van der Waals surface area (Å²) in [5.74, 6) is 0.733. The molecule has 92 valence electrons. The Bertz CT molecular complexity index is 444. The normalized spacial score (nSPS) is 16.0. The van der Waals surface area contributed by atoms with Gasteiger partial charge in [0.1, 0.15) is 0 Å². The molecule has 1 aromatic heterocycles. The van der Waals surface area contributed by atoms with Crippen LogP contribution in [0, 0.1) is 12.8 Å². The van der Waals surface area contributed by atoms with E-state index in [0.717, 1.165) is 18.5 Å². The Kier molecular flexibility index (Phi) is 3.62. The predicted molar refractivity (Wildman–Crippen MR) is 73.4 cm³/mol. The van der Waals surface area contributed by atoms with Crippen molar-refractivity contribution in [2.45, 2.75) is 41.0 Å². The van der Waals surface area contributed by atoms with Crippen LogP contribution in [-0.2, 0) is 11.2 Å². The van der Waals surface area contributed by atoms with Crippen molar-refractivity contribution in [1.82, 2.24) is 4.98 Å². The van der Waals surface area contributed by atoms with Crippen LogP contribution in [0.2, 0.25) is 14.8 Å². The zero-order valence-electron chi connectivity index (χ0n) is 11.2. The van der Waals surface area contributed by atoms with E-state index in [0.29, 0.717) is 18.1 Å². The van der Waals surface area contributed by atoms with Gasteiger partial charge in [0.2, 0.25) is 0 Å². The second-order valence-electron chi connectivity index (χ2n) is 6.16. The molecule has 0 atom stereocenters. The molecule has 0 spiro atoms. The van der Waals surface area contributed by atoms with E-state index in [4.69, 9.17) is 0 Å². The average molecular weight is 338 g/mol. The summed E-state index contributed by atoms with van der Waals surface area (Å²) in [4.78, 5) is 23.4. The van der Waals surface area contributed by atoms with Crippen molar-refractivity contribution in [1.29, 1.82) is 0 Å². The van der Waals surface area contributed by atoms with Gasteiger partial charge in [0.05, 0.1) is 0 Å². The fraction of sp³-hybridized carbons (Fsp3) is 0.571. The average Bonchev–Trinajstić information content (AvgIpc) is 3.02. The van der Waals surface area contributed by atoms with E-state index in [-0.39, 0.29) is 0 Å². The van der Waals surface area contributed by atoms with Crippen molar-refractivity contribution >= 4 is 27.7 Å². The third-order valence-corrected chi connectivity index (χ3v) is 9.51. The van der Waals surface area contributed by atoms with Crippen molar-refractivity contribution in [2.75, 3.05) is 0 Å². The Hall–Kier alpha value is -0.381. The molecule has 0 N–H and O–H groups in total. The summed E-state index contributed by atoms with van der Waals surface area (Å²) in [6, 6.07) is 2.20. The number of Topliss-reactive ketones (excluding diaryl/α,β-unsaturated/α-hetero) is 1. The monoisotopic (exact) mass is 339 g/mol. The van der Waals surface area contributed by atoms with Gasteiger partial charge in [-0.15, -0.1) is 0 Å². The van der Waals surface area contributed by atoms with Crippen LogP contribution in [0.25, 0.3) is 0 Å². The van der Waals surface area contributed by atoms with Gasteiger partial charge in [-0.3, -0.25) is 0 Å². The first-order valence-corrected chi connectivity index (χ1v) is 16.4. The number of aromatic nitrogens is 1. The summed E-state index contributed by atoms with van der Waals surface area (Å²) in [5, 5.41) is 0. The molecule has 0 saturated heterocycles. The molecule has 17 heavy (non-hydrogen) atoms. The second kappa shape index (κ2) is 4.71. The zero-order chi connectivity index (χ0) is 12.6. The van der Waals surface area contributed by atoms with E-state index in [1.165, 1.54) is 9.14 Å². The molecule has 0 amide bonds. The fourth-order valence-electron chi connectivity index (χ4n) is 2.20. The number of hydrogen-bond acceptors (Lipinski definition) is 2. The van der Waals surface area contributed by atoms with Gasteiger partial charge in [-0.1, -0.05) is 0 Å². The molecule has 0 radical (unpaired) electrons. The summed E-state index contributed by atoms with van der Waals surface area (Å²) in [5.41, 5.74) is 2.28. The molecule has 1 aliphatic carbocycles. The molecule has 2 rings (SSSR count). The molecule has 3 heteroatoms. The maximum absolute atomic E-state index is 11.8. The summed E-state index contributed by atoms with van der Waals surface area (Å²) < 4.78 is 1.51. The fourth-order valence-corrected chi connectivity index (χ4v) is 7.47. The number of rotatable bonds is 4. The van der Waals surface area contributed by atoms with Crippen molar-refractivity contribution < 1.29 is 4.79 Å². The predicted octanol–water partition coefficient (Wildman–Crippen LogP) is 2.46. The van der Waals surface area contributed by atoms with Crippen LogP contribution in [0.5, 0.6) is 0 Å². The van der Waals surface area contributed by atoms with E-state index in [1.807, 2.05) is 6.20 Å². The third kappa shape index (κ3) is 3.30. The van der Waals surface area contributed by atoms with Crippen LogP contribution in [0.15, 0.2) is 12.3 Å². The van der Waals surface area contributed by atoms with Gasteiger partial charge in [-0.2, -0.15) is 0 Å². The van der Waals surface area contributed by atoms with Crippen LogP contribution in [0.1, 0.15) is 24.1 Å². The number of carbonyl (C=O) groups is 1. The van der Waals surface area contributed by atoms with Gasteiger partial charge in [0, 0.05) is 0 Å². The molecule has 0 unspecified atom stereocenters. The van der Waals surface area contributed by atoms with E-state index < -0.39 is 18.4 Å². The van der Waals surface area contributed by atoms with Crippen LogP contribution < -0.4 is 3.58 Å². The van der Waals surface area contributed by atoms with Crippen LogP contribution >= 0.6 is 0 Å². The number of ketones is 1. The molecular weight excluding hydrogens is 317 g/mol. The standard InChI is InChI=1S/C11H12NO.3CH3.Sn/c1-8-2-5-10(12-7-8)6-11(13)9-3-4-9;;;;/h5,7,9H,3-4,6H2,1H3;3*1H3;. The molecule has 1 aromatic rings. The van der Waals surface area contributed by atoms with Gasteiger partial charge in [0.25, 0.3) is 0 Å². The third-order valence-electron chi connectivity index (χ3n) is 3.36. The summed E-state index contributed by atoms with van der Waals surface area (Å²) in [7, 11) is 0. The van der Waals surface area contributed by atoms with Gasteiger partial charge in [-0.25, -0.2) is 0 Å². The minimum atomic E-state index is -2.06. The van der Waals surface area contributed by atoms with Gasteiger partial charge >= 0.3 is 108 Å². The number of hydrogen-bond donors (Lipinski definition) is 0. The van der Waals surface area contributed by atoms with Crippen molar-refractivity contribution in [2.24, 2.45) is 5.92 Å². The number of aryl methyl sites for hydroxylation is 1. The van der Waals surface area contributed by atoms with Crippen molar-refractivity contribution in [3.05, 3.63) is 23.5 Å². The Balaban J connectivity index is 2.21. The Morgan fingerprint density at radius 3 is 2.59 bits per heavy atom. The van der Waals surface area contributed by atoms with E-state index in [1.54, 1.807) is 0 Å². The molecule has 1 saturated carbocycles. The first-order valence-electron chi connectivity index (χ1n) is 6.36. The zero-order valence-corrected chi connectivity index (χ0v) is 14.1. The first kappa shape index (κ1) is 13.1. The van der Waals surface area contributed by atoms with Crippen molar-refractivity contribution in [3.63, 3.8) is 0 Å². The van der Waals surface area contributed by atoms with Crippen LogP contribution in [0.4, 0.5) is 0 Å². The minimum absolute atomic E-state index is 0.347. The van der Waals surface area contributed by atoms with E-state index >= 15 is 0 Å². The van der Waals surface area contributed by atoms with Gasteiger partial charge in [-0.05, 0) is 0 Å². The quantitative estimate of drug-likeness (QED) is 0.790. The second-order valence-corrected chi connectivity index (χ2v) is 20.5. The molecule has 2 nitrogen and oxygen atoms in total. The van der Waals surface area contributed by atoms with Crippen LogP contribution in [-0.4, -0.2) is 29.1 Å². The maximum atomic E-state index is 11.8. The molecule has 0 bridgehead atoms. The molecule has 1 aliphatic rings. The van der Waals surface area contributed by atoms with E-state index in [9.17, 15) is 4.79 Å². The Morgan fingerprint density at radius 2 is 2.06 bits per heavy atom. The Labute approximate surface area is 108 Å². The summed E-state index contributed by atoms with van der Waals surface area (Å²) in [6.07, 6.45) is 4.68. The number of pyridine rings is 1. The molecule has 1 fully saturated rings. The summed E-state index contributed by atoms with van der Waals surface area (Å²) >= 11 is -2.06. The number of carbonyl (C=O) groups excluding carboxylic acids is 1. The molecule has 0 aromatic carbocycles. The molecular formula is C14H21NOSn. The topological polar surface area (TPSA) is 30.0 Å². The SMILES string of the molecule is Cc1cnc(CC(=O)C2CC2)c[c]1[Sn]([CH3])([CH3])[CH3]. The number of nitrogens with zero attached hydrogens (tertiary/aromatic N) is 1. The Morgan fingerprint density at radius 1 is 1.41 bits per heavy atom. The van der Waals surface area contributed by atoms with Crippen molar-refractivity contribution in [3.8, 4) is 0 Å². The molecule has 0 aliphatic heterocycles. The molecule has 1 heterocycles. The van der Waals surface area contributed by atoms with Crippen LogP contribution in [0.3, 0.4) is 0 Å². The van der Waals surface area contributed by atoms with Gasteiger partial charge < -0.3 is 0 Å². The van der Waals surface area contributed by atoms with Gasteiger partial charge in [0.15, 0.2) is 0 Å².